The van der Waals surface area contributed by atoms with Gasteiger partial charge in [0.2, 0.25) is 11.4 Å². The minimum atomic E-state index is 0.403. The quantitative estimate of drug-likeness (QED) is 0.666. The van der Waals surface area contributed by atoms with Gasteiger partial charge >= 0.3 is 11.6 Å². The third kappa shape index (κ3) is 2.32. The van der Waals surface area contributed by atoms with E-state index in [2.05, 4.69) is 19.6 Å². The normalized spacial score (nSPS) is 16.3. The van der Waals surface area contributed by atoms with Crippen LogP contribution >= 0.6 is 0 Å². The Morgan fingerprint density at radius 3 is 1.62 bits per heavy atom. The fourth-order valence-electron chi connectivity index (χ4n) is 2.48. The molecule has 0 spiro atoms. The Hall–Kier alpha value is -2.52. The number of anilines is 2. The van der Waals surface area contributed by atoms with Crippen LogP contribution in [0.25, 0.3) is 0 Å². The van der Waals surface area contributed by atoms with Crippen LogP contribution < -0.4 is 19.6 Å². The van der Waals surface area contributed by atoms with Crippen LogP contribution in [-0.2, 0) is 0 Å². The summed E-state index contributed by atoms with van der Waals surface area (Å²) in [6, 6.07) is 0. The van der Waals surface area contributed by atoms with E-state index >= 15 is 0 Å². The van der Waals surface area contributed by atoms with Crippen molar-refractivity contribution in [3.8, 4) is 0 Å². The molecule has 0 radical (unpaired) electrons. The van der Waals surface area contributed by atoms with Gasteiger partial charge in [-0.2, -0.15) is 0 Å². The third-order valence-electron chi connectivity index (χ3n) is 3.69. The van der Waals surface area contributed by atoms with E-state index < -0.39 is 0 Å². The Labute approximate surface area is 120 Å². The van der Waals surface area contributed by atoms with Crippen LogP contribution in [0.15, 0.2) is 9.26 Å². The van der Waals surface area contributed by atoms with Crippen LogP contribution in [0, 0.1) is 24.3 Å². The zero-order chi connectivity index (χ0) is 15.0. The van der Waals surface area contributed by atoms with Crippen molar-refractivity contribution in [3.63, 3.8) is 0 Å². The maximum absolute atomic E-state index is 11.3. The summed E-state index contributed by atoms with van der Waals surface area (Å²) < 4.78 is 9.21. The SMILES string of the molecule is Cc1c(N2CCCN(c3no[n+]([O-])c3C)CC2)no[n+]1[O-]. The van der Waals surface area contributed by atoms with Crippen LogP contribution in [0.3, 0.4) is 0 Å². The molecular weight excluding hydrogens is 280 g/mol. The van der Waals surface area contributed by atoms with Gasteiger partial charge in [0.1, 0.15) is 0 Å². The van der Waals surface area contributed by atoms with E-state index in [0.717, 1.165) is 19.5 Å². The summed E-state index contributed by atoms with van der Waals surface area (Å²) in [5, 5.41) is 30.2. The number of aromatic nitrogens is 4. The van der Waals surface area contributed by atoms with Gasteiger partial charge in [0.15, 0.2) is 0 Å². The first-order valence-corrected chi connectivity index (χ1v) is 6.70. The molecule has 1 aliphatic rings. The molecule has 1 aliphatic heterocycles. The zero-order valence-electron chi connectivity index (χ0n) is 11.9. The molecule has 0 bridgehead atoms. The molecule has 0 aromatic carbocycles. The van der Waals surface area contributed by atoms with Gasteiger partial charge in [-0.3, -0.25) is 9.26 Å². The first-order valence-electron chi connectivity index (χ1n) is 6.70. The third-order valence-corrected chi connectivity index (χ3v) is 3.69. The predicted molar refractivity (Wildman–Crippen MR) is 69.4 cm³/mol. The molecule has 3 rings (SSSR count). The molecule has 0 amide bonds. The lowest BCUT2D eigenvalue weighted by molar-refractivity contribution is -0.806. The first-order chi connectivity index (χ1) is 10.1. The van der Waals surface area contributed by atoms with E-state index in [9.17, 15) is 10.4 Å². The van der Waals surface area contributed by atoms with Gasteiger partial charge in [-0.25, -0.2) is 0 Å². The van der Waals surface area contributed by atoms with Crippen molar-refractivity contribution in [2.75, 3.05) is 36.0 Å². The molecule has 2 aromatic heterocycles. The molecule has 2 aromatic rings. The Balaban J connectivity index is 1.75. The van der Waals surface area contributed by atoms with Crippen molar-refractivity contribution >= 4 is 11.6 Å². The molecule has 1 saturated heterocycles. The van der Waals surface area contributed by atoms with Crippen molar-refractivity contribution in [1.29, 1.82) is 0 Å². The predicted octanol–water partition coefficient (Wildman–Crippen LogP) is -0.737. The number of nitrogens with zero attached hydrogens (tertiary/aromatic N) is 6. The topological polar surface area (TPSA) is 112 Å². The molecule has 3 heterocycles. The van der Waals surface area contributed by atoms with E-state index in [1.54, 1.807) is 13.8 Å². The summed E-state index contributed by atoms with van der Waals surface area (Å²) in [5.41, 5.74) is 0.886. The van der Waals surface area contributed by atoms with E-state index in [1.807, 2.05) is 9.80 Å². The van der Waals surface area contributed by atoms with E-state index in [-0.39, 0.29) is 0 Å². The molecule has 114 valence electrons. The highest BCUT2D eigenvalue weighted by atomic mass is 16.8. The van der Waals surface area contributed by atoms with Crippen molar-refractivity contribution in [2.24, 2.45) is 0 Å². The molecule has 1 fully saturated rings. The average molecular weight is 296 g/mol. The van der Waals surface area contributed by atoms with Crippen LogP contribution in [0.4, 0.5) is 11.6 Å². The van der Waals surface area contributed by atoms with Crippen LogP contribution in [0.2, 0.25) is 0 Å². The van der Waals surface area contributed by atoms with Crippen LogP contribution in [0.5, 0.6) is 0 Å². The van der Waals surface area contributed by atoms with Crippen molar-refractivity contribution in [1.82, 2.24) is 10.3 Å². The van der Waals surface area contributed by atoms with E-state index in [4.69, 9.17) is 0 Å². The van der Waals surface area contributed by atoms with Gasteiger partial charge in [-0.1, -0.05) is 0 Å². The minimum Gasteiger partial charge on any atom is -0.359 e. The lowest BCUT2D eigenvalue weighted by Crippen LogP contribution is -2.34. The number of hydrogen-bond acceptors (Lipinski definition) is 8. The standard InChI is InChI=1S/C11H16N6O4/c1-8-10(12-20-16(8)18)14-4-3-5-15(7-6-14)11-9(2)17(19)21-13-11/h3-7H2,1-2H3. The zero-order valence-corrected chi connectivity index (χ0v) is 11.9. The monoisotopic (exact) mass is 296 g/mol. The average Bonchev–Trinajstić information content (AvgIpc) is 2.87. The van der Waals surface area contributed by atoms with Gasteiger partial charge in [0.25, 0.3) is 0 Å². The molecule has 10 heteroatoms. The Morgan fingerprint density at radius 2 is 1.29 bits per heavy atom. The summed E-state index contributed by atoms with van der Waals surface area (Å²) in [4.78, 5) is 4.79. The molecule has 0 atom stereocenters. The fraction of sp³-hybridized carbons (Fsp3) is 0.636. The summed E-state index contributed by atoms with van der Waals surface area (Å²) >= 11 is 0. The second kappa shape index (κ2) is 5.11. The molecule has 10 nitrogen and oxygen atoms in total. The summed E-state index contributed by atoms with van der Waals surface area (Å²) in [5.74, 6) is 1.12. The molecule has 0 unspecified atom stereocenters. The van der Waals surface area contributed by atoms with Gasteiger partial charge in [-0.05, 0) is 16.2 Å². The van der Waals surface area contributed by atoms with E-state index in [0.29, 0.717) is 45.9 Å². The van der Waals surface area contributed by atoms with Crippen molar-refractivity contribution in [3.05, 3.63) is 21.8 Å². The summed E-state index contributed by atoms with van der Waals surface area (Å²) in [6.45, 7) is 6.14. The Kier molecular flexibility index (Phi) is 3.28. The highest BCUT2D eigenvalue weighted by Crippen LogP contribution is 2.19. The second-order valence-corrected chi connectivity index (χ2v) is 5.01. The summed E-state index contributed by atoms with van der Waals surface area (Å²) in [6.07, 6.45) is 0.844. The Bertz CT molecular complexity index is 584. The van der Waals surface area contributed by atoms with Gasteiger partial charge < -0.3 is 20.2 Å². The largest absolute Gasteiger partial charge is 0.359 e. The summed E-state index contributed by atoms with van der Waals surface area (Å²) in [7, 11) is 0. The second-order valence-electron chi connectivity index (χ2n) is 5.01. The highest BCUT2D eigenvalue weighted by Gasteiger charge is 2.28. The maximum Gasteiger partial charge on any atom is 0.312 e. The van der Waals surface area contributed by atoms with Crippen LogP contribution in [0.1, 0.15) is 17.8 Å². The molecule has 21 heavy (non-hydrogen) atoms. The maximum atomic E-state index is 11.3. The van der Waals surface area contributed by atoms with Crippen LogP contribution in [-0.4, -0.2) is 36.5 Å². The van der Waals surface area contributed by atoms with Gasteiger partial charge in [-0.15, -0.1) is 0 Å². The lowest BCUT2D eigenvalue weighted by atomic mass is 10.3. The highest BCUT2D eigenvalue weighted by molar-refractivity contribution is 5.43. The van der Waals surface area contributed by atoms with Gasteiger partial charge in [0, 0.05) is 40.0 Å². The molecular formula is C11H16N6O4. The molecule has 0 saturated carbocycles. The fourth-order valence-corrected chi connectivity index (χ4v) is 2.48. The molecule has 0 aliphatic carbocycles. The Morgan fingerprint density at radius 1 is 0.857 bits per heavy atom. The number of hydrogen-bond donors (Lipinski definition) is 0. The minimum absolute atomic E-state index is 0.403. The van der Waals surface area contributed by atoms with E-state index in [1.165, 1.54) is 0 Å². The van der Waals surface area contributed by atoms with Gasteiger partial charge in [0.05, 0.1) is 10.3 Å². The number of rotatable bonds is 2. The first kappa shape index (κ1) is 13.5. The molecule has 0 N–H and O–H groups in total. The van der Waals surface area contributed by atoms with Crippen molar-refractivity contribution in [2.45, 2.75) is 20.3 Å². The van der Waals surface area contributed by atoms with Crippen molar-refractivity contribution < 1.29 is 19.1 Å². The lowest BCUT2D eigenvalue weighted by Gasteiger charge is -2.18. The smallest absolute Gasteiger partial charge is 0.312 e.